The van der Waals surface area contributed by atoms with E-state index < -0.39 is 0 Å². The van der Waals surface area contributed by atoms with E-state index in [9.17, 15) is 0 Å². The highest BCUT2D eigenvalue weighted by Crippen LogP contribution is 2.63. The second-order valence-corrected chi connectivity index (χ2v) is 10.9. The van der Waals surface area contributed by atoms with Crippen molar-refractivity contribution in [1.29, 1.82) is 0 Å². The van der Waals surface area contributed by atoms with E-state index in [-0.39, 0.29) is 5.41 Å². The van der Waals surface area contributed by atoms with Crippen LogP contribution in [-0.2, 0) is 11.8 Å². The predicted molar refractivity (Wildman–Crippen MR) is 177 cm³/mol. The summed E-state index contributed by atoms with van der Waals surface area (Å²) in [6.45, 7) is 21.3. The van der Waals surface area contributed by atoms with Gasteiger partial charge in [-0.3, -0.25) is 0 Å². The number of fused-ring (bicyclic) bond motifs is 10. The molecule has 0 N–H and O–H groups in total. The Hall–Kier alpha value is -3.38. The molecule has 4 aromatic rings. The third-order valence-corrected chi connectivity index (χ3v) is 8.83. The van der Waals surface area contributed by atoms with Crippen molar-refractivity contribution < 1.29 is 0 Å². The molecule has 0 aromatic heterocycles. The van der Waals surface area contributed by atoms with Gasteiger partial charge in [0.15, 0.2) is 0 Å². The third-order valence-electron chi connectivity index (χ3n) is 8.83. The average molecular weight is 529 g/mol. The number of hydrogen-bond acceptors (Lipinski definition) is 0. The van der Waals surface area contributed by atoms with E-state index in [0.29, 0.717) is 5.92 Å². The minimum atomic E-state index is -0.258. The highest BCUT2D eigenvalue weighted by Gasteiger charge is 2.52. The van der Waals surface area contributed by atoms with Crippen LogP contribution in [0, 0.1) is 13.8 Å². The van der Waals surface area contributed by atoms with E-state index in [0.717, 1.165) is 12.8 Å². The second-order valence-electron chi connectivity index (χ2n) is 10.9. The van der Waals surface area contributed by atoms with Crippen LogP contribution in [0.1, 0.15) is 111 Å². The number of benzene rings is 4. The Morgan fingerprint density at radius 3 is 1.80 bits per heavy atom. The molecule has 0 heterocycles. The maximum Gasteiger partial charge on any atom is 0.0725 e. The molecule has 1 spiro atoms. The van der Waals surface area contributed by atoms with Gasteiger partial charge in [-0.25, -0.2) is 0 Å². The van der Waals surface area contributed by atoms with Crippen molar-refractivity contribution in [3.63, 3.8) is 0 Å². The lowest BCUT2D eigenvalue weighted by molar-refractivity contribution is 0.656. The highest BCUT2D eigenvalue weighted by atomic mass is 14.5. The van der Waals surface area contributed by atoms with Crippen molar-refractivity contribution in [1.82, 2.24) is 0 Å². The maximum absolute atomic E-state index is 4.04. The molecular formula is C40H48. The van der Waals surface area contributed by atoms with Gasteiger partial charge in [0, 0.05) is 0 Å². The number of allylic oxidation sites excluding steroid dienone is 1. The molecule has 0 saturated heterocycles. The summed E-state index contributed by atoms with van der Waals surface area (Å²) in [7, 11) is 0. The van der Waals surface area contributed by atoms with E-state index in [2.05, 4.69) is 113 Å². The molecule has 6 rings (SSSR count). The van der Waals surface area contributed by atoms with Gasteiger partial charge in [-0.15, -0.1) is 6.58 Å². The largest absolute Gasteiger partial charge is 0.103 e. The lowest BCUT2D eigenvalue weighted by Gasteiger charge is -2.31. The molecule has 0 aliphatic heterocycles. The zero-order valence-corrected chi connectivity index (χ0v) is 26.1. The molecule has 2 unspecified atom stereocenters. The van der Waals surface area contributed by atoms with E-state index in [1.54, 1.807) is 0 Å². The van der Waals surface area contributed by atoms with Gasteiger partial charge >= 0.3 is 0 Å². The topological polar surface area (TPSA) is 0 Å². The van der Waals surface area contributed by atoms with Gasteiger partial charge in [0.25, 0.3) is 0 Å². The first-order chi connectivity index (χ1) is 19.5. The fourth-order valence-corrected chi connectivity index (χ4v) is 7.03. The van der Waals surface area contributed by atoms with E-state index in [1.165, 1.54) is 79.6 Å². The molecule has 0 heteroatoms. The Bertz CT molecular complexity index is 1500. The highest BCUT2D eigenvalue weighted by molar-refractivity contribution is 5.95. The molecule has 0 fully saturated rings. The average Bonchev–Trinajstić information content (AvgIpc) is 3.44. The zero-order valence-electron chi connectivity index (χ0n) is 26.1. The Morgan fingerprint density at radius 1 is 0.700 bits per heavy atom. The lowest BCUT2D eigenvalue weighted by atomic mass is 9.69. The lowest BCUT2D eigenvalue weighted by Crippen LogP contribution is -2.26. The van der Waals surface area contributed by atoms with Crippen LogP contribution in [0.25, 0.3) is 22.3 Å². The summed E-state index contributed by atoms with van der Waals surface area (Å²) in [6, 6.07) is 28.4. The smallest absolute Gasteiger partial charge is 0.0725 e. The van der Waals surface area contributed by atoms with Crippen molar-refractivity contribution in [2.75, 3.05) is 0 Å². The van der Waals surface area contributed by atoms with Crippen molar-refractivity contribution in [2.24, 2.45) is 0 Å². The quantitative estimate of drug-likeness (QED) is 0.189. The molecule has 2 atom stereocenters. The Balaban J connectivity index is 0.000000886. The van der Waals surface area contributed by atoms with Crippen molar-refractivity contribution in [2.45, 2.75) is 92.4 Å². The number of aryl methyl sites for hydroxylation is 3. The zero-order chi connectivity index (χ0) is 29.0. The van der Waals surface area contributed by atoms with Crippen LogP contribution in [0.4, 0.5) is 0 Å². The summed E-state index contributed by atoms with van der Waals surface area (Å²) < 4.78 is 0. The molecule has 4 aromatic carbocycles. The fourth-order valence-electron chi connectivity index (χ4n) is 7.03. The van der Waals surface area contributed by atoms with Gasteiger partial charge in [-0.05, 0) is 106 Å². The molecule has 0 nitrogen and oxygen atoms in total. The first-order valence-electron chi connectivity index (χ1n) is 15.6. The van der Waals surface area contributed by atoms with Crippen molar-refractivity contribution >= 4 is 0 Å². The Kier molecular flexibility index (Phi) is 9.19. The van der Waals surface area contributed by atoms with Crippen LogP contribution < -0.4 is 0 Å². The van der Waals surface area contributed by atoms with Gasteiger partial charge in [0.1, 0.15) is 0 Å². The first kappa shape index (κ1) is 29.6. The van der Waals surface area contributed by atoms with Crippen molar-refractivity contribution in [3.05, 3.63) is 130 Å². The number of rotatable bonds is 6. The molecule has 0 radical (unpaired) electrons. The summed E-state index contributed by atoms with van der Waals surface area (Å²) in [5, 5.41) is 0. The minimum Gasteiger partial charge on any atom is -0.103 e. The van der Waals surface area contributed by atoms with Gasteiger partial charge in [-0.1, -0.05) is 127 Å². The molecule has 2 aliphatic carbocycles. The maximum atomic E-state index is 4.04. The monoisotopic (exact) mass is 528 g/mol. The van der Waals surface area contributed by atoms with Gasteiger partial charge < -0.3 is 0 Å². The standard InChI is InChI=1S/C36H36.2C2H6/c1-6-8-14-26-21-35-31(22-29(26)23(3)13-7-2)28-16-10-12-18-33(28)36(35)32-17-11-9-15-27(32)30-19-24(4)25(5)20-34(30)36;2*1-2/h6,9-12,15-23H,1,7-8,13-14H2,2-5H3;2*1-2H3. The van der Waals surface area contributed by atoms with Crippen LogP contribution in [0.5, 0.6) is 0 Å². The van der Waals surface area contributed by atoms with Crippen LogP contribution in [0.3, 0.4) is 0 Å². The number of hydrogen-bond donors (Lipinski definition) is 0. The molecule has 2 aliphatic rings. The summed E-state index contributed by atoms with van der Waals surface area (Å²) >= 11 is 0. The van der Waals surface area contributed by atoms with Crippen LogP contribution in [-0.4, -0.2) is 0 Å². The normalized spacial score (nSPS) is 16.0. The SMILES string of the molecule is C=CCCc1cc2c(cc1C(C)CCC)-c1ccccc1C21c2ccccc2-c2cc(C)c(C)cc21.CC.CC. The fraction of sp³-hybridized carbons (Fsp3) is 0.350. The summed E-state index contributed by atoms with van der Waals surface area (Å²) in [4.78, 5) is 0. The summed E-state index contributed by atoms with van der Waals surface area (Å²) in [6.07, 6.45) is 6.55. The molecule has 0 saturated carbocycles. The summed E-state index contributed by atoms with van der Waals surface area (Å²) in [5.74, 6) is 0.553. The Morgan fingerprint density at radius 2 is 1.23 bits per heavy atom. The van der Waals surface area contributed by atoms with Gasteiger partial charge in [0.05, 0.1) is 5.41 Å². The second kappa shape index (κ2) is 12.4. The molecule has 208 valence electrons. The molecular weight excluding hydrogens is 480 g/mol. The van der Waals surface area contributed by atoms with Crippen molar-refractivity contribution in [3.8, 4) is 22.3 Å². The molecule has 40 heavy (non-hydrogen) atoms. The van der Waals surface area contributed by atoms with E-state index in [4.69, 9.17) is 0 Å². The van der Waals surface area contributed by atoms with Gasteiger partial charge in [0.2, 0.25) is 0 Å². The van der Waals surface area contributed by atoms with Gasteiger partial charge in [-0.2, -0.15) is 0 Å². The van der Waals surface area contributed by atoms with Crippen LogP contribution in [0.2, 0.25) is 0 Å². The molecule has 0 amide bonds. The van der Waals surface area contributed by atoms with E-state index in [1.807, 2.05) is 27.7 Å². The summed E-state index contributed by atoms with van der Waals surface area (Å²) in [5.41, 5.74) is 16.9. The van der Waals surface area contributed by atoms with Crippen LogP contribution >= 0.6 is 0 Å². The third kappa shape index (κ3) is 4.46. The minimum absolute atomic E-state index is 0.258. The first-order valence-corrected chi connectivity index (χ1v) is 15.6. The molecule has 0 bridgehead atoms. The van der Waals surface area contributed by atoms with E-state index >= 15 is 0 Å². The van der Waals surface area contributed by atoms with Crippen LogP contribution in [0.15, 0.2) is 85.5 Å². The predicted octanol–water partition coefficient (Wildman–Crippen LogP) is 11.7. The Labute approximate surface area is 244 Å².